The van der Waals surface area contributed by atoms with E-state index in [1.807, 2.05) is 7.05 Å². The van der Waals surface area contributed by atoms with Gasteiger partial charge in [0, 0.05) is 32.8 Å². The molecular formula is C19H39N5O3. The number of likely N-dealkylation sites (N-methyl/N-ethyl adjacent to an activating group) is 1. The maximum atomic E-state index is 6.31. The molecule has 6 atom stereocenters. The Morgan fingerprint density at radius 2 is 2.11 bits per heavy atom. The fraction of sp³-hybridized carbons (Fsp3) is 1.00. The van der Waals surface area contributed by atoms with Crippen LogP contribution in [0.15, 0.2) is 0 Å². The highest BCUT2D eigenvalue weighted by Crippen LogP contribution is 2.25. The quantitative estimate of drug-likeness (QED) is 0.452. The van der Waals surface area contributed by atoms with Gasteiger partial charge in [0.1, 0.15) is 6.29 Å². The molecule has 1 aliphatic carbocycles. The zero-order chi connectivity index (χ0) is 19.1. The van der Waals surface area contributed by atoms with Crippen molar-refractivity contribution in [2.24, 2.45) is 0 Å². The molecule has 0 aromatic rings. The smallest absolute Gasteiger partial charge is 0.113 e. The zero-order valence-electron chi connectivity index (χ0n) is 17.2. The molecule has 3 rings (SSSR count). The summed E-state index contributed by atoms with van der Waals surface area (Å²) in [5.74, 6) is 0. The van der Waals surface area contributed by atoms with Crippen LogP contribution in [0.4, 0.5) is 0 Å². The topological polar surface area (TPSA) is 79.1 Å². The number of rotatable bonds is 8. The van der Waals surface area contributed by atoms with Crippen LogP contribution in [0.2, 0.25) is 0 Å². The molecule has 1 saturated carbocycles. The van der Waals surface area contributed by atoms with E-state index >= 15 is 0 Å². The van der Waals surface area contributed by atoms with Gasteiger partial charge in [-0.1, -0.05) is 6.92 Å². The third-order valence-electron chi connectivity index (χ3n) is 6.10. The lowest BCUT2D eigenvalue weighted by Crippen LogP contribution is -2.66. The Kier molecular flexibility index (Phi) is 8.73. The van der Waals surface area contributed by atoms with E-state index < -0.39 is 0 Å². The van der Waals surface area contributed by atoms with Gasteiger partial charge in [0.25, 0.3) is 0 Å². The van der Waals surface area contributed by atoms with E-state index in [2.05, 4.69) is 33.1 Å². The van der Waals surface area contributed by atoms with Crippen LogP contribution >= 0.6 is 0 Å². The summed E-state index contributed by atoms with van der Waals surface area (Å²) in [4.78, 5) is 2.43. The summed E-state index contributed by atoms with van der Waals surface area (Å²) < 4.78 is 17.9. The molecular weight excluding hydrogens is 346 g/mol. The van der Waals surface area contributed by atoms with E-state index in [1.165, 1.54) is 0 Å². The maximum absolute atomic E-state index is 6.31. The van der Waals surface area contributed by atoms with Gasteiger partial charge in [-0.15, -0.1) is 0 Å². The highest BCUT2D eigenvalue weighted by molar-refractivity contribution is 4.88. The summed E-state index contributed by atoms with van der Waals surface area (Å²) in [7, 11) is 3.80. The standard InChI is InChI=1S/C19H39N5O3/c1-4-24-9-10-26-15(12-24)13-27-17-11-14(5-6-16(17)25-3)22-19-21-8-7-18(20-2)23-19/h14-23H,4-13H2,1-3H3/t14?,15-,16?,17?,18?,19?/m1/s1. The normalized spacial score (nSPS) is 38.8. The SMILES string of the molecule is CCN1CCO[C@@H](COC2CC(NC3NCCC(NC)N3)CCC2OC)C1. The fourth-order valence-corrected chi connectivity index (χ4v) is 4.38. The van der Waals surface area contributed by atoms with Crippen molar-refractivity contribution in [2.45, 2.75) is 69.4 Å². The summed E-state index contributed by atoms with van der Waals surface area (Å²) in [5.41, 5.74) is 0. The molecule has 27 heavy (non-hydrogen) atoms. The van der Waals surface area contributed by atoms with E-state index in [1.54, 1.807) is 7.11 Å². The third kappa shape index (κ3) is 6.33. The molecule has 8 nitrogen and oxygen atoms in total. The number of nitrogens with one attached hydrogen (secondary N) is 4. The van der Waals surface area contributed by atoms with E-state index in [-0.39, 0.29) is 24.6 Å². The Balaban J connectivity index is 1.46. The molecule has 0 amide bonds. The van der Waals surface area contributed by atoms with Crippen LogP contribution in [0.5, 0.6) is 0 Å². The third-order valence-corrected chi connectivity index (χ3v) is 6.10. The van der Waals surface area contributed by atoms with Gasteiger partial charge in [0.2, 0.25) is 0 Å². The van der Waals surface area contributed by atoms with Crippen molar-refractivity contribution in [3.05, 3.63) is 0 Å². The summed E-state index contributed by atoms with van der Waals surface area (Å²) >= 11 is 0. The van der Waals surface area contributed by atoms with Gasteiger partial charge in [0.15, 0.2) is 0 Å². The van der Waals surface area contributed by atoms with E-state index in [4.69, 9.17) is 14.2 Å². The second-order valence-electron chi connectivity index (χ2n) is 7.89. The van der Waals surface area contributed by atoms with Crippen molar-refractivity contribution in [3.63, 3.8) is 0 Å². The highest BCUT2D eigenvalue weighted by atomic mass is 16.6. The predicted molar refractivity (Wildman–Crippen MR) is 106 cm³/mol. The van der Waals surface area contributed by atoms with Gasteiger partial charge in [-0.3, -0.25) is 20.9 Å². The van der Waals surface area contributed by atoms with Gasteiger partial charge in [0.05, 0.1) is 37.7 Å². The predicted octanol–water partition coefficient (Wildman–Crippen LogP) is -0.339. The molecule has 2 saturated heterocycles. The first-order valence-corrected chi connectivity index (χ1v) is 10.6. The summed E-state index contributed by atoms with van der Waals surface area (Å²) in [5, 5.41) is 14.1. The zero-order valence-corrected chi connectivity index (χ0v) is 17.2. The van der Waals surface area contributed by atoms with Crippen LogP contribution in [-0.4, -0.2) is 95.3 Å². The molecule has 0 spiro atoms. The average Bonchev–Trinajstić information content (AvgIpc) is 2.72. The van der Waals surface area contributed by atoms with Crippen molar-refractivity contribution in [2.75, 3.05) is 53.6 Å². The molecule has 5 unspecified atom stereocenters. The largest absolute Gasteiger partial charge is 0.379 e. The van der Waals surface area contributed by atoms with Crippen LogP contribution in [0.1, 0.15) is 32.6 Å². The number of hydrogen-bond acceptors (Lipinski definition) is 8. The summed E-state index contributed by atoms with van der Waals surface area (Å²) in [6.07, 6.45) is 5.13. The lowest BCUT2D eigenvalue weighted by Gasteiger charge is -2.40. The van der Waals surface area contributed by atoms with Gasteiger partial charge in [-0.25, -0.2) is 0 Å². The van der Waals surface area contributed by atoms with Gasteiger partial charge < -0.3 is 19.5 Å². The first kappa shape index (κ1) is 21.4. The molecule has 2 heterocycles. The van der Waals surface area contributed by atoms with Crippen LogP contribution in [-0.2, 0) is 14.2 Å². The first-order valence-electron chi connectivity index (χ1n) is 10.6. The van der Waals surface area contributed by atoms with Crippen LogP contribution in [0.25, 0.3) is 0 Å². The van der Waals surface area contributed by atoms with Crippen molar-refractivity contribution in [1.82, 2.24) is 26.2 Å². The number of hydrogen-bond donors (Lipinski definition) is 4. The number of methoxy groups -OCH3 is 1. The summed E-state index contributed by atoms with van der Waals surface area (Å²) in [6, 6.07) is 0.418. The van der Waals surface area contributed by atoms with E-state index in [0.29, 0.717) is 18.8 Å². The Bertz CT molecular complexity index is 430. The molecule has 8 heteroatoms. The number of morpholine rings is 1. The van der Waals surface area contributed by atoms with Crippen molar-refractivity contribution in [1.29, 1.82) is 0 Å². The number of nitrogens with zero attached hydrogens (tertiary/aromatic N) is 1. The lowest BCUT2D eigenvalue weighted by atomic mass is 9.90. The second-order valence-corrected chi connectivity index (χ2v) is 7.89. The molecule has 158 valence electrons. The average molecular weight is 386 g/mol. The van der Waals surface area contributed by atoms with Gasteiger partial charge in [-0.05, 0) is 39.3 Å². The molecule has 0 radical (unpaired) electrons. The maximum Gasteiger partial charge on any atom is 0.113 e. The minimum Gasteiger partial charge on any atom is -0.379 e. The van der Waals surface area contributed by atoms with Crippen molar-refractivity contribution in [3.8, 4) is 0 Å². The molecule has 2 aliphatic heterocycles. The second kappa shape index (κ2) is 11.0. The van der Waals surface area contributed by atoms with Crippen LogP contribution in [0.3, 0.4) is 0 Å². The van der Waals surface area contributed by atoms with Crippen molar-refractivity contribution < 1.29 is 14.2 Å². The van der Waals surface area contributed by atoms with E-state index in [9.17, 15) is 0 Å². The molecule has 3 fully saturated rings. The Morgan fingerprint density at radius 3 is 2.89 bits per heavy atom. The fourth-order valence-electron chi connectivity index (χ4n) is 4.38. The Hall–Kier alpha value is -0.320. The molecule has 0 aromatic carbocycles. The van der Waals surface area contributed by atoms with Crippen LogP contribution < -0.4 is 21.3 Å². The van der Waals surface area contributed by atoms with E-state index in [0.717, 1.165) is 58.5 Å². The minimum absolute atomic E-state index is 0.116. The van der Waals surface area contributed by atoms with Gasteiger partial charge >= 0.3 is 0 Å². The van der Waals surface area contributed by atoms with Crippen molar-refractivity contribution >= 4 is 0 Å². The lowest BCUT2D eigenvalue weighted by molar-refractivity contribution is -0.126. The first-order chi connectivity index (χ1) is 13.2. The summed E-state index contributed by atoms with van der Waals surface area (Å²) in [6.45, 7) is 7.72. The molecule has 4 N–H and O–H groups in total. The molecule has 0 aromatic heterocycles. The Morgan fingerprint density at radius 1 is 1.22 bits per heavy atom. The molecule has 3 aliphatic rings. The highest BCUT2D eigenvalue weighted by Gasteiger charge is 2.34. The van der Waals surface area contributed by atoms with Gasteiger partial charge in [-0.2, -0.15) is 0 Å². The monoisotopic (exact) mass is 385 g/mol. The van der Waals surface area contributed by atoms with Crippen LogP contribution in [0, 0.1) is 0 Å². The Labute approximate surface area is 164 Å². The minimum atomic E-state index is 0.116. The number of ether oxygens (including phenoxy) is 3. The molecule has 0 bridgehead atoms.